The Labute approximate surface area is 194 Å². The molecule has 1 unspecified atom stereocenters. The highest BCUT2D eigenvalue weighted by Crippen LogP contribution is 2.23. The van der Waals surface area contributed by atoms with Gasteiger partial charge < -0.3 is 19.9 Å². The highest BCUT2D eigenvalue weighted by atomic mass is 19.1. The molecule has 2 fully saturated rings. The summed E-state index contributed by atoms with van der Waals surface area (Å²) < 4.78 is 20.0. The number of morpholine rings is 1. The van der Waals surface area contributed by atoms with Crippen LogP contribution >= 0.6 is 0 Å². The van der Waals surface area contributed by atoms with Crippen molar-refractivity contribution < 1.29 is 18.7 Å². The number of benzene rings is 2. The number of nitrogens with one attached hydrogen (secondary N) is 1. The van der Waals surface area contributed by atoms with Crippen molar-refractivity contribution in [1.29, 1.82) is 0 Å². The van der Waals surface area contributed by atoms with Gasteiger partial charge in [0.05, 0.1) is 24.9 Å². The molecule has 1 atom stereocenters. The van der Waals surface area contributed by atoms with Crippen LogP contribution in [0.4, 0.5) is 14.9 Å². The number of carbonyl (C=O) groups is 2. The molecule has 1 N–H and O–H groups in total. The minimum absolute atomic E-state index is 0.107. The van der Waals surface area contributed by atoms with Gasteiger partial charge in [0, 0.05) is 51.4 Å². The van der Waals surface area contributed by atoms with Crippen LogP contribution < -0.4 is 10.2 Å². The number of rotatable bonds is 6. The second-order valence-electron chi connectivity index (χ2n) is 8.52. The Hall–Kier alpha value is -2.97. The molecule has 2 aliphatic heterocycles. The van der Waals surface area contributed by atoms with Crippen molar-refractivity contribution in [2.45, 2.75) is 13.0 Å². The molecule has 2 amide bonds. The average molecular weight is 455 g/mol. The van der Waals surface area contributed by atoms with Crippen LogP contribution in [0.15, 0.2) is 48.5 Å². The summed E-state index contributed by atoms with van der Waals surface area (Å²) in [6.07, 6.45) is 0. The van der Waals surface area contributed by atoms with Crippen molar-refractivity contribution in [3.05, 3.63) is 65.5 Å². The first-order valence-electron chi connectivity index (χ1n) is 11.5. The van der Waals surface area contributed by atoms with Crippen molar-refractivity contribution in [1.82, 2.24) is 15.1 Å². The molecule has 176 valence electrons. The van der Waals surface area contributed by atoms with E-state index in [0.717, 1.165) is 25.2 Å². The first kappa shape index (κ1) is 23.2. The Morgan fingerprint density at radius 1 is 1.00 bits per heavy atom. The van der Waals surface area contributed by atoms with Gasteiger partial charge in [-0.05, 0) is 30.7 Å². The zero-order valence-electron chi connectivity index (χ0n) is 19.0. The molecule has 0 saturated carbocycles. The predicted molar refractivity (Wildman–Crippen MR) is 125 cm³/mol. The minimum Gasteiger partial charge on any atom is -0.379 e. The molecule has 0 spiro atoms. The van der Waals surface area contributed by atoms with Gasteiger partial charge in [-0.1, -0.05) is 30.3 Å². The second-order valence-corrected chi connectivity index (χ2v) is 8.52. The molecule has 7 nitrogen and oxygen atoms in total. The molecule has 2 aromatic rings. The Morgan fingerprint density at radius 3 is 2.33 bits per heavy atom. The van der Waals surface area contributed by atoms with Gasteiger partial charge in [-0.2, -0.15) is 0 Å². The number of carbonyl (C=O) groups excluding carboxylic acids is 2. The fraction of sp³-hybridized carbons (Fsp3) is 0.440. The lowest BCUT2D eigenvalue weighted by Gasteiger charge is -2.37. The van der Waals surface area contributed by atoms with E-state index in [4.69, 9.17) is 4.74 Å². The minimum atomic E-state index is -0.407. The molecule has 2 aromatic carbocycles. The average Bonchev–Trinajstić information content (AvgIpc) is 2.85. The van der Waals surface area contributed by atoms with E-state index in [1.165, 1.54) is 13.0 Å². The van der Waals surface area contributed by atoms with Crippen LogP contribution in [0.25, 0.3) is 0 Å². The molecule has 0 bridgehead atoms. The number of hydrogen-bond acceptors (Lipinski definition) is 5. The molecule has 0 radical (unpaired) electrons. The van der Waals surface area contributed by atoms with Crippen molar-refractivity contribution in [2.75, 3.05) is 63.9 Å². The Kier molecular flexibility index (Phi) is 7.57. The van der Waals surface area contributed by atoms with E-state index in [9.17, 15) is 14.0 Å². The maximum atomic E-state index is 14.5. The number of ketones is 1. The summed E-state index contributed by atoms with van der Waals surface area (Å²) in [6.45, 7) is 7.34. The second kappa shape index (κ2) is 10.8. The van der Waals surface area contributed by atoms with Crippen molar-refractivity contribution >= 4 is 17.5 Å². The van der Waals surface area contributed by atoms with Crippen LogP contribution in [-0.2, 0) is 4.74 Å². The van der Waals surface area contributed by atoms with Crippen molar-refractivity contribution in [3.63, 3.8) is 0 Å². The highest BCUT2D eigenvalue weighted by Gasteiger charge is 2.26. The molecule has 2 aliphatic rings. The topological polar surface area (TPSA) is 65.1 Å². The molecular formula is C25H31FN4O3. The molecule has 2 heterocycles. The van der Waals surface area contributed by atoms with Gasteiger partial charge in [0.1, 0.15) is 5.82 Å². The number of Topliss-reactive ketones (excluding diaryl/α,β-unsaturated/α-hetero) is 1. The molecule has 33 heavy (non-hydrogen) atoms. The summed E-state index contributed by atoms with van der Waals surface area (Å²) in [5.74, 6) is -0.567. The highest BCUT2D eigenvalue weighted by molar-refractivity contribution is 5.94. The maximum Gasteiger partial charge on any atom is 0.318 e. The van der Waals surface area contributed by atoms with Gasteiger partial charge in [-0.15, -0.1) is 0 Å². The largest absolute Gasteiger partial charge is 0.379 e. The summed E-state index contributed by atoms with van der Waals surface area (Å²) in [6, 6.07) is 14.4. The molecule has 2 saturated heterocycles. The van der Waals surface area contributed by atoms with Crippen LogP contribution in [-0.4, -0.2) is 80.6 Å². The lowest BCUT2D eigenvalue weighted by atomic mass is 10.1. The van der Waals surface area contributed by atoms with E-state index in [1.807, 2.05) is 35.2 Å². The van der Waals surface area contributed by atoms with Gasteiger partial charge >= 0.3 is 6.03 Å². The fourth-order valence-corrected chi connectivity index (χ4v) is 4.33. The quantitative estimate of drug-likeness (QED) is 0.680. The van der Waals surface area contributed by atoms with Crippen LogP contribution in [0.2, 0.25) is 0 Å². The van der Waals surface area contributed by atoms with Gasteiger partial charge in [0.15, 0.2) is 5.78 Å². The van der Waals surface area contributed by atoms with E-state index in [0.29, 0.717) is 50.6 Å². The van der Waals surface area contributed by atoms with Crippen LogP contribution in [0, 0.1) is 5.82 Å². The van der Waals surface area contributed by atoms with Crippen LogP contribution in [0.5, 0.6) is 0 Å². The van der Waals surface area contributed by atoms with E-state index in [-0.39, 0.29) is 17.9 Å². The fourth-order valence-electron chi connectivity index (χ4n) is 4.33. The van der Waals surface area contributed by atoms with E-state index in [1.54, 1.807) is 17.0 Å². The van der Waals surface area contributed by atoms with Crippen LogP contribution in [0.3, 0.4) is 0 Å². The van der Waals surface area contributed by atoms with Crippen molar-refractivity contribution in [2.24, 2.45) is 0 Å². The van der Waals surface area contributed by atoms with Gasteiger partial charge in [-0.3, -0.25) is 9.69 Å². The number of hydrogen-bond donors (Lipinski definition) is 1. The first-order chi connectivity index (χ1) is 16.0. The Balaban J connectivity index is 1.37. The third kappa shape index (κ3) is 5.89. The lowest BCUT2D eigenvalue weighted by molar-refractivity contribution is 0.0336. The smallest absolute Gasteiger partial charge is 0.318 e. The molecule has 4 rings (SSSR count). The lowest BCUT2D eigenvalue weighted by Crippen LogP contribution is -2.53. The summed E-state index contributed by atoms with van der Waals surface area (Å²) in [7, 11) is 0. The van der Waals surface area contributed by atoms with E-state index in [2.05, 4.69) is 10.2 Å². The standard InChI is InChI=1S/C25H31FN4O3/c1-19(31)21-7-8-24(22(26)17-21)29-9-11-30(12-10-29)25(32)27-23(20-5-3-2-4-6-20)18-28-13-15-33-16-14-28/h2-8,17,23H,9-16,18H2,1H3,(H,27,32). The summed E-state index contributed by atoms with van der Waals surface area (Å²) in [4.78, 5) is 30.6. The first-order valence-corrected chi connectivity index (χ1v) is 11.5. The van der Waals surface area contributed by atoms with Gasteiger partial charge in [-0.25, -0.2) is 9.18 Å². The number of piperazine rings is 1. The number of ether oxygens (including phenoxy) is 1. The Morgan fingerprint density at radius 2 is 1.70 bits per heavy atom. The number of halogens is 1. The summed E-state index contributed by atoms with van der Waals surface area (Å²) in [5, 5.41) is 3.21. The number of nitrogens with zero attached hydrogens (tertiary/aromatic N) is 3. The predicted octanol–water partition coefficient (Wildman–Crippen LogP) is 2.93. The molecule has 0 aliphatic carbocycles. The number of urea groups is 1. The van der Waals surface area contributed by atoms with Gasteiger partial charge in [0.2, 0.25) is 0 Å². The number of anilines is 1. The zero-order chi connectivity index (χ0) is 23.2. The maximum absolute atomic E-state index is 14.5. The van der Waals surface area contributed by atoms with Gasteiger partial charge in [0.25, 0.3) is 0 Å². The third-order valence-electron chi connectivity index (χ3n) is 6.31. The normalized spacial score (nSPS) is 18.1. The van der Waals surface area contributed by atoms with E-state index < -0.39 is 5.82 Å². The Bertz CT molecular complexity index is 957. The van der Waals surface area contributed by atoms with Crippen molar-refractivity contribution in [3.8, 4) is 0 Å². The van der Waals surface area contributed by atoms with E-state index >= 15 is 0 Å². The summed E-state index contributed by atoms with van der Waals surface area (Å²) in [5.41, 5.74) is 1.90. The summed E-state index contributed by atoms with van der Waals surface area (Å²) >= 11 is 0. The number of amides is 2. The molecule has 8 heteroatoms. The zero-order valence-corrected chi connectivity index (χ0v) is 19.0. The third-order valence-corrected chi connectivity index (χ3v) is 6.31. The molecular weight excluding hydrogens is 423 g/mol. The molecule has 0 aromatic heterocycles. The van der Waals surface area contributed by atoms with Crippen LogP contribution in [0.1, 0.15) is 28.9 Å². The monoisotopic (exact) mass is 454 g/mol. The SMILES string of the molecule is CC(=O)c1ccc(N2CCN(C(=O)NC(CN3CCOCC3)c3ccccc3)CC2)c(F)c1.